The fourth-order valence-corrected chi connectivity index (χ4v) is 1.42. The smallest absolute Gasteiger partial charge is 0.245 e. The molecule has 64 valence electrons. The van der Waals surface area contributed by atoms with Gasteiger partial charge in [0.2, 0.25) is 5.91 Å². The number of carbonyl (C=O) groups is 1. The molecule has 0 aliphatic rings. The summed E-state index contributed by atoms with van der Waals surface area (Å²) >= 11 is 1.74. The van der Waals surface area contributed by atoms with Gasteiger partial charge in [-0.1, -0.05) is 6.58 Å². The summed E-state index contributed by atoms with van der Waals surface area (Å²) in [5.41, 5.74) is 0. The van der Waals surface area contributed by atoms with Crippen molar-refractivity contribution in [2.75, 3.05) is 19.1 Å². The van der Waals surface area contributed by atoms with E-state index in [0.29, 0.717) is 0 Å². The second-order valence-electron chi connectivity index (χ2n) is 2.46. The Kier molecular flexibility index (Phi) is 5.03. The van der Waals surface area contributed by atoms with Crippen LogP contribution in [0.25, 0.3) is 0 Å². The van der Waals surface area contributed by atoms with Crippen molar-refractivity contribution in [3.63, 3.8) is 0 Å². The van der Waals surface area contributed by atoms with Crippen LogP contribution in [0.5, 0.6) is 0 Å². The second-order valence-corrected chi connectivity index (χ2v) is 3.37. The van der Waals surface area contributed by atoms with Gasteiger partial charge in [0.05, 0.1) is 0 Å². The summed E-state index contributed by atoms with van der Waals surface area (Å²) in [4.78, 5) is 12.7. The van der Waals surface area contributed by atoms with Gasteiger partial charge in [-0.15, -0.1) is 0 Å². The number of carbonyl (C=O) groups excluding carboxylic acids is 1. The lowest BCUT2D eigenvalue weighted by Gasteiger charge is -2.22. The molecule has 0 aromatic rings. The number of hydrogen-bond acceptors (Lipinski definition) is 2. The van der Waals surface area contributed by atoms with Crippen molar-refractivity contribution < 1.29 is 4.79 Å². The predicted octanol–water partition coefficient (Wildman–Crippen LogP) is 1.38. The zero-order chi connectivity index (χ0) is 8.85. The van der Waals surface area contributed by atoms with E-state index >= 15 is 0 Å². The van der Waals surface area contributed by atoms with Crippen molar-refractivity contribution in [3.05, 3.63) is 12.7 Å². The maximum atomic E-state index is 11.0. The largest absolute Gasteiger partial charge is 0.339 e. The van der Waals surface area contributed by atoms with Crippen LogP contribution in [0.1, 0.15) is 6.92 Å². The molecule has 0 spiro atoms. The first kappa shape index (κ1) is 10.6. The molecule has 1 amide bonds. The maximum Gasteiger partial charge on any atom is 0.245 e. The van der Waals surface area contributed by atoms with Gasteiger partial charge in [-0.2, -0.15) is 11.8 Å². The molecule has 2 nitrogen and oxygen atoms in total. The predicted molar refractivity (Wildman–Crippen MR) is 50.8 cm³/mol. The minimum atomic E-state index is -0.00782. The number of rotatable bonds is 4. The average molecular weight is 173 g/mol. The van der Waals surface area contributed by atoms with Gasteiger partial charge in [0, 0.05) is 18.8 Å². The molecular weight excluding hydrogens is 158 g/mol. The van der Waals surface area contributed by atoms with Gasteiger partial charge in [-0.05, 0) is 19.3 Å². The number of likely N-dealkylation sites (N-methyl/N-ethyl adjacent to an activating group) is 1. The van der Waals surface area contributed by atoms with Gasteiger partial charge in [0.1, 0.15) is 0 Å². The van der Waals surface area contributed by atoms with E-state index in [4.69, 9.17) is 0 Å². The Morgan fingerprint density at radius 3 is 2.73 bits per heavy atom. The minimum Gasteiger partial charge on any atom is -0.339 e. The molecule has 0 heterocycles. The molecule has 0 rings (SSSR count). The van der Waals surface area contributed by atoms with E-state index in [1.807, 2.05) is 13.2 Å². The summed E-state index contributed by atoms with van der Waals surface area (Å²) < 4.78 is 0. The Morgan fingerprint density at radius 1 is 1.82 bits per heavy atom. The van der Waals surface area contributed by atoms with Gasteiger partial charge < -0.3 is 4.90 Å². The lowest BCUT2D eigenvalue weighted by Crippen LogP contribution is -2.35. The van der Waals surface area contributed by atoms with Gasteiger partial charge in [0.25, 0.3) is 0 Å². The summed E-state index contributed by atoms with van der Waals surface area (Å²) in [6.07, 6.45) is 3.37. The number of amides is 1. The van der Waals surface area contributed by atoms with Gasteiger partial charge in [0.15, 0.2) is 0 Å². The van der Waals surface area contributed by atoms with Crippen molar-refractivity contribution in [1.29, 1.82) is 0 Å². The van der Waals surface area contributed by atoms with Crippen LogP contribution in [0.15, 0.2) is 12.7 Å². The maximum absolute atomic E-state index is 11.0. The molecule has 0 saturated heterocycles. The summed E-state index contributed by atoms with van der Waals surface area (Å²) in [6, 6.07) is 0.287. The van der Waals surface area contributed by atoms with Crippen molar-refractivity contribution in [3.8, 4) is 0 Å². The first-order valence-electron chi connectivity index (χ1n) is 3.51. The highest BCUT2D eigenvalue weighted by Crippen LogP contribution is 2.03. The Hall–Kier alpha value is -0.440. The SMILES string of the molecule is C=CC(=O)N(C)C(C)CSC. The first-order chi connectivity index (χ1) is 5.13. The monoisotopic (exact) mass is 173 g/mol. The Morgan fingerprint density at radius 2 is 2.36 bits per heavy atom. The van der Waals surface area contributed by atoms with Crippen LogP contribution in [0.4, 0.5) is 0 Å². The van der Waals surface area contributed by atoms with E-state index in [-0.39, 0.29) is 11.9 Å². The van der Waals surface area contributed by atoms with Crippen LogP contribution in [0, 0.1) is 0 Å². The molecule has 0 aliphatic heterocycles. The van der Waals surface area contributed by atoms with Crippen molar-refractivity contribution >= 4 is 17.7 Å². The van der Waals surface area contributed by atoms with E-state index < -0.39 is 0 Å². The minimum absolute atomic E-state index is 0.00782. The topological polar surface area (TPSA) is 20.3 Å². The lowest BCUT2D eigenvalue weighted by atomic mass is 10.3. The van der Waals surface area contributed by atoms with Gasteiger partial charge in [-0.25, -0.2) is 0 Å². The van der Waals surface area contributed by atoms with Crippen LogP contribution >= 0.6 is 11.8 Å². The number of hydrogen-bond donors (Lipinski definition) is 0. The van der Waals surface area contributed by atoms with Crippen LogP contribution < -0.4 is 0 Å². The molecule has 0 bridgehead atoms. The van der Waals surface area contributed by atoms with Crippen molar-refractivity contribution in [2.45, 2.75) is 13.0 Å². The number of thioether (sulfide) groups is 1. The standard InChI is InChI=1S/C8H15NOS/c1-5-8(10)9(3)7(2)6-11-4/h5,7H,1,6H2,2-4H3. The van der Waals surface area contributed by atoms with Crippen molar-refractivity contribution in [1.82, 2.24) is 4.90 Å². The van der Waals surface area contributed by atoms with Crippen LogP contribution in [-0.2, 0) is 4.79 Å². The Bertz CT molecular complexity index is 147. The third-order valence-corrected chi connectivity index (χ3v) is 2.41. The third kappa shape index (κ3) is 3.46. The molecule has 1 atom stereocenters. The molecule has 3 heteroatoms. The fourth-order valence-electron chi connectivity index (χ4n) is 0.714. The van der Waals surface area contributed by atoms with Gasteiger partial charge >= 0.3 is 0 Å². The second kappa shape index (κ2) is 5.24. The highest BCUT2D eigenvalue weighted by atomic mass is 32.2. The summed E-state index contributed by atoms with van der Waals surface area (Å²) in [5.74, 6) is 0.961. The van der Waals surface area contributed by atoms with Gasteiger partial charge in [-0.3, -0.25) is 4.79 Å². The fraction of sp³-hybridized carbons (Fsp3) is 0.625. The number of nitrogens with zero attached hydrogens (tertiary/aromatic N) is 1. The van der Waals surface area contributed by atoms with E-state index in [1.165, 1.54) is 6.08 Å². The van der Waals surface area contributed by atoms with E-state index in [2.05, 4.69) is 6.58 Å². The summed E-state index contributed by atoms with van der Waals surface area (Å²) in [6.45, 7) is 5.45. The Labute approximate surface area is 72.6 Å². The third-order valence-electron chi connectivity index (χ3n) is 1.59. The quantitative estimate of drug-likeness (QED) is 0.599. The molecule has 11 heavy (non-hydrogen) atoms. The van der Waals surface area contributed by atoms with Crippen LogP contribution in [0.2, 0.25) is 0 Å². The summed E-state index contributed by atoms with van der Waals surface area (Å²) in [5, 5.41) is 0. The van der Waals surface area contributed by atoms with Crippen molar-refractivity contribution in [2.24, 2.45) is 0 Å². The molecule has 0 aromatic heterocycles. The highest BCUT2D eigenvalue weighted by Gasteiger charge is 2.11. The molecule has 1 unspecified atom stereocenters. The molecule has 0 N–H and O–H groups in total. The van der Waals surface area contributed by atoms with E-state index in [0.717, 1.165) is 5.75 Å². The molecule has 0 aliphatic carbocycles. The highest BCUT2D eigenvalue weighted by molar-refractivity contribution is 7.98. The molecule has 0 radical (unpaired) electrons. The Balaban J connectivity index is 3.89. The van der Waals surface area contributed by atoms with Crippen LogP contribution in [-0.4, -0.2) is 35.9 Å². The zero-order valence-electron chi connectivity index (χ0n) is 7.33. The normalized spacial score (nSPS) is 12.3. The van der Waals surface area contributed by atoms with E-state index in [9.17, 15) is 4.79 Å². The molecular formula is C8H15NOS. The zero-order valence-corrected chi connectivity index (χ0v) is 8.15. The summed E-state index contributed by atoms with van der Waals surface area (Å²) in [7, 11) is 1.80. The van der Waals surface area contributed by atoms with E-state index in [1.54, 1.807) is 23.7 Å². The molecule has 0 aromatic carbocycles. The molecule has 0 saturated carbocycles. The average Bonchev–Trinajstić information content (AvgIpc) is 2.02. The first-order valence-corrected chi connectivity index (χ1v) is 4.91. The van der Waals surface area contributed by atoms with Crippen LogP contribution in [0.3, 0.4) is 0 Å². The molecule has 0 fully saturated rings. The lowest BCUT2D eigenvalue weighted by molar-refractivity contribution is -0.126.